The van der Waals surface area contributed by atoms with E-state index in [9.17, 15) is 12.8 Å². The molecule has 0 saturated carbocycles. The summed E-state index contributed by atoms with van der Waals surface area (Å²) in [7, 11) is -2.38. The van der Waals surface area contributed by atoms with Crippen LogP contribution in [0.15, 0.2) is 29.3 Å². The number of aromatic nitrogens is 2. The van der Waals surface area contributed by atoms with Gasteiger partial charge in [-0.25, -0.2) is 12.8 Å². The highest BCUT2D eigenvalue weighted by Gasteiger charge is 2.21. The van der Waals surface area contributed by atoms with Crippen LogP contribution in [-0.4, -0.2) is 23.3 Å². The summed E-state index contributed by atoms with van der Waals surface area (Å²) in [5.41, 5.74) is 1.08. The van der Waals surface area contributed by atoms with Crippen LogP contribution in [0.5, 0.6) is 0 Å². The first-order chi connectivity index (χ1) is 9.33. The SMILES string of the molecule is Cc1nn(C)cc1NS(=O)(=O)c1ccc(CO)cc1F. The predicted octanol–water partition coefficient (Wildman–Crippen LogP) is 1.16. The number of anilines is 1. The van der Waals surface area contributed by atoms with Gasteiger partial charge in [-0.2, -0.15) is 5.10 Å². The molecule has 0 aliphatic carbocycles. The van der Waals surface area contributed by atoms with Gasteiger partial charge in [0.25, 0.3) is 10.0 Å². The van der Waals surface area contributed by atoms with E-state index in [0.29, 0.717) is 11.3 Å². The molecule has 1 aromatic carbocycles. The lowest BCUT2D eigenvalue weighted by molar-refractivity contribution is 0.281. The Kier molecular flexibility index (Phi) is 3.78. The fraction of sp³-hybridized carbons (Fsp3) is 0.250. The highest BCUT2D eigenvalue weighted by atomic mass is 32.2. The lowest BCUT2D eigenvalue weighted by Gasteiger charge is -2.08. The Bertz CT molecular complexity index is 740. The zero-order valence-corrected chi connectivity index (χ0v) is 11.8. The van der Waals surface area contributed by atoms with Gasteiger partial charge in [-0.05, 0) is 24.6 Å². The predicted molar refractivity (Wildman–Crippen MR) is 71.1 cm³/mol. The van der Waals surface area contributed by atoms with Crippen LogP contribution in [0.25, 0.3) is 0 Å². The molecule has 108 valence electrons. The minimum atomic E-state index is -4.04. The average Bonchev–Trinajstić information content (AvgIpc) is 2.66. The molecule has 2 rings (SSSR count). The highest BCUT2D eigenvalue weighted by Crippen LogP contribution is 2.21. The van der Waals surface area contributed by atoms with Crippen LogP contribution in [-0.2, 0) is 23.7 Å². The maximum absolute atomic E-state index is 13.8. The second-order valence-corrected chi connectivity index (χ2v) is 5.98. The largest absolute Gasteiger partial charge is 0.392 e. The molecule has 0 amide bonds. The maximum atomic E-state index is 13.8. The first kappa shape index (κ1) is 14.5. The van der Waals surface area contributed by atoms with E-state index in [0.717, 1.165) is 12.1 Å². The van der Waals surface area contributed by atoms with Crippen molar-refractivity contribution in [1.82, 2.24) is 9.78 Å². The Balaban J connectivity index is 2.38. The van der Waals surface area contributed by atoms with E-state index in [4.69, 9.17) is 5.11 Å². The number of hydrogen-bond donors (Lipinski definition) is 2. The van der Waals surface area contributed by atoms with Crippen molar-refractivity contribution in [2.75, 3.05) is 4.72 Å². The van der Waals surface area contributed by atoms with Crippen molar-refractivity contribution >= 4 is 15.7 Å². The standard InChI is InChI=1S/C12H14FN3O3S/c1-8-11(6-16(2)14-8)15-20(18,19)12-4-3-9(7-17)5-10(12)13/h3-6,15,17H,7H2,1-2H3. The molecule has 2 N–H and O–H groups in total. The van der Waals surface area contributed by atoms with Crippen LogP contribution in [0.2, 0.25) is 0 Å². The third-order valence-corrected chi connectivity index (χ3v) is 4.12. The number of halogens is 1. The number of aliphatic hydroxyl groups excluding tert-OH is 1. The minimum absolute atomic E-state index is 0.290. The summed E-state index contributed by atoms with van der Waals surface area (Å²) in [6, 6.07) is 3.47. The molecule has 0 aliphatic heterocycles. The summed E-state index contributed by atoms with van der Waals surface area (Å²) in [6.45, 7) is 1.29. The van der Waals surface area contributed by atoms with Crippen molar-refractivity contribution in [1.29, 1.82) is 0 Å². The van der Waals surface area contributed by atoms with Crippen molar-refractivity contribution < 1.29 is 17.9 Å². The van der Waals surface area contributed by atoms with Gasteiger partial charge in [0.05, 0.1) is 18.0 Å². The Labute approximate surface area is 115 Å². The number of nitrogens with one attached hydrogen (secondary N) is 1. The van der Waals surface area contributed by atoms with Gasteiger partial charge in [-0.3, -0.25) is 9.40 Å². The Morgan fingerprint density at radius 1 is 1.45 bits per heavy atom. The Hall–Kier alpha value is -1.93. The monoisotopic (exact) mass is 299 g/mol. The third-order valence-electron chi connectivity index (χ3n) is 2.73. The van der Waals surface area contributed by atoms with Gasteiger partial charge in [-0.15, -0.1) is 0 Å². The molecule has 8 heteroatoms. The first-order valence-corrected chi connectivity index (χ1v) is 7.24. The van der Waals surface area contributed by atoms with Crippen molar-refractivity contribution in [2.45, 2.75) is 18.4 Å². The maximum Gasteiger partial charge on any atom is 0.264 e. The van der Waals surface area contributed by atoms with E-state index in [-0.39, 0.29) is 12.3 Å². The van der Waals surface area contributed by atoms with E-state index < -0.39 is 20.7 Å². The number of aliphatic hydroxyl groups is 1. The van der Waals surface area contributed by atoms with Crippen LogP contribution < -0.4 is 4.72 Å². The minimum Gasteiger partial charge on any atom is -0.392 e. The van der Waals surface area contributed by atoms with Gasteiger partial charge in [0.1, 0.15) is 10.7 Å². The summed E-state index contributed by atoms with van der Waals surface area (Å²) in [4.78, 5) is -0.474. The molecule has 0 saturated heterocycles. The van der Waals surface area contributed by atoms with Gasteiger partial charge in [-0.1, -0.05) is 6.07 Å². The topological polar surface area (TPSA) is 84.2 Å². The molecule has 0 atom stereocenters. The average molecular weight is 299 g/mol. The zero-order valence-electron chi connectivity index (χ0n) is 11.0. The molecule has 2 aromatic rings. The van der Waals surface area contributed by atoms with Gasteiger partial charge in [0, 0.05) is 13.2 Å². The highest BCUT2D eigenvalue weighted by molar-refractivity contribution is 7.92. The number of hydrogen-bond acceptors (Lipinski definition) is 4. The van der Waals surface area contributed by atoms with Crippen molar-refractivity contribution in [3.63, 3.8) is 0 Å². The number of benzene rings is 1. The van der Waals surface area contributed by atoms with Crippen molar-refractivity contribution in [3.05, 3.63) is 41.5 Å². The molecule has 1 heterocycles. The molecular weight excluding hydrogens is 285 g/mol. The number of nitrogens with zero attached hydrogens (tertiary/aromatic N) is 2. The fourth-order valence-corrected chi connectivity index (χ4v) is 2.92. The lowest BCUT2D eigenvalue weighted by atomic mass is 10.2. The summed E-state index contributed by atoms with van der Waals surface area (Å²) >= 11 is 0. The second-order valence-electron chi connectivity index (χ2n) is 4.33. The fourth-order valence-electron chi connectivity index (χ4n) is 1.76. The van der Waals surface area contributed by atoms with E-state index >= 15 is 0 Å². The lowest BCUT2D eigenvalue weighted by Crippen LogP contribution is -2.15. The van der Waals surface area contributed by atoms with E-state index in [1.165, 1.54) is 16.9 Å². The molecule has 6 nitrogen and oxygen atoms in total. The molecule has 0 spiro atoms. The molecule has 0 radical (unpaired) electrons. The zero-order chi connectivity index (χ0) is 14.9. The normalized spacial score (nSPS) is 11.6. The second kappa shape index (κ2) is 5.22. The van der Waals surface area contributed by atoms with E-state index in [1.807, 2.05) is 0 Å². The molecule has 0 aliphatic rings. The smallest absolute Gasteiger partial charge is 0.264 e. The van der Waals surface area contributed by atoms with Crippen molar-refractivity contribution in [2.24, 2.45) is 7.05 Å². The first-order valence-electron chi connectivity index (χ1n) is 5.76. The molecule has 0 bridgehead atoms. The quantitative estimate of drug-likeness (QED) is 0.887. The van der Waals surface area contributed by atoms with E-state index in [1.54, 1.807) is 14.0 Å². The van der Waals surface area contributed by atoms with Gasteiger partial charge in [0.2, 0.25) is 0 Å². The summed E-state index contributed by atoms with van der Waals surface area (Å²) in [6.07, 6.45) is 1.49. The third kappa shape index (κ3) is 2.81. The van der Waals surface area contributed by atoms with Crippen LogP contribution in [0.4, 0.5) is 10.1 Å². The molecule has 0 unspecified atom stereocenters. The van der Waals surface area contributed by atoms with Crippen LogP contribution >= 0.6 is 0 Å². The van der Waals surface area contributed by atoms with Crippen molar-refractivity contribution in [3.8, 4) is 0 Å². The molecule has 1 aromatic heterocycles. The van der Waals surface area contributed by atoms with Gasteiger partial charge < -0.3 is 5.11 Å². The number of aryl methyl sites for hydroxylation is 2. The van der Waals surface area contributed by atoms with Gasteiger partial charge in [0.15, 0.2) is 0 Å². The summed E-state index contributed by atoms with van der Waals surface area (Å²) in [5, 5.41) is 12.9. The van der Waals surface area contributed by atoms with Gasteiger partial charge >= 0.3 is 0 Å². The summed E-state index contributed by atoms with van der Waals surface area (Å²) in [5.74, 6) is -0.911. The molecular formula is C12H14FN3O3S. The number of rotatable bonds is 4. The van der Waals surface area contributed by atoms with E-state index in [2.05, 4.69) is 9.82 Å². The Morgan fingerprint density at radius 3 is 2.65 bits per heavy atom. The van der Waals surface area contributed by atoms with Crippen LogP contribution in [0.1, 0.15) is 11.3 Å². The van der Waals surface area contributed by atoms with Crippen LogP contribution in [0, 0.1) is 12.7 Å². The Morgan fingerprint density at radius 2 is 2.15 bits per heavy atom. The number of sulfonamides is 1. The summed E-state index contributed by atoms with van der Waals surface area (Å²) < 4.78 is 41.8. The van der Waals surface area contributed by atoms with Crippen LogP contribution in [0.3, 0.4) is 0 Å². The molecule has 0 fully saturated rings. The molecule has 20 heavy (non-hydrogen) atoms.